The molecule has 2 aromatic rings. The molecule has 1 N–H and O–H groups in total. The van der Waals surface area contributed by atoms with E-state index in [0.717, 1.165) is 17.0 Å². The molecule has 1 saturated heterocycles. The van der Waals surface area contributed by atoms with Gasteiger partial charge in [-0.3, -0.25) is 0 Å². The summed E-state index contributed by atoms with van der Waals surface area (Å²) in [6.45, 7) is 4.72. The Balaban J connectivity index is 1.53. The molecule has 0 radical (unpaired) electrons. The summed E-state index contributed by atoms with van der Waals surface area (Å²) in [4.78, 5) is 4.65. The number of nitrogens with one attached hydrogen (secondary N) is 1. The first-order valence-electron chi connectivity index (χ1n) is 7.84. The number of oxazole rings is 1. The molecule has 1 aliphatic heterocycles. The SMILES string of the molecule is CC1(C)CSCC(Nc2ccc3oc(C4CC4)nc3c2)C1. The van der Waals surface area contributed by atoms with Crippen molar-refractivity contribution in [1.82, 2.24) is 4.98 Å². The molecule has 1 aliphatic carbocycles. The lowest BCUT2D eigenvalue weighted by molar-refractivity contribution is 0.358. The van der Waals surface area contributed by atoms with Crippen LogP contribution in [0.4, 0.5) is 5.69 Å². The quantitative estimate of drug-likeness (QED) is 0.895. The van der Waals surface area contributed by atoms with Crippen LogP contribution in [0.3, 0.4) is 0 Å². The second-order valence-electron chi connectivity index (χ2n) is 7.23. The Hall–Kier alpha value is -1.16. The summed E-state index contributed by atoms with van der Waals surface area (Å²) in [7, 11) is 0. The Labute approximate surface area is 129 Å². The smallest absolute Gasteiger partial charge is 0.198 e. The molecule has 0 spiro atoms. The van der Waals surface area contributed by atoms with Gasteiger partial charge in [-0.05, 0) is 48.6 Å². The fraction of sp³-hybridized carbons (Fsp3) is 0.588. The van der Waals surface area contributed by atoms with E-state index in [4.69, 9.17) is 4.42 Å². The molecule has 2 heterocycles. The molecule has 1 saturated carbocycles. The van der Waals surface area contributed by atoms with E-state index in [1.54, 1.807) is 0 Å². The van der Waals surface area contributed by atoms with Crippen LogP contribution in [0.25, 0.3) is 11.1 Å². The number of hydrogen-bond acceptors (Lipinski definition) is 4. The molecule has 112 valence electrons. The van der Waals surface area contributed by atoms with E-state index in [0.29, 0.717) is 17.4 Å². The minimum absolute atomic E-state index is 0.428. The Morgan fingerprint density at radius 3 is 2.95 bits per heavy atom. The number of anilines is 1. The second kappa shape index (κ2) is 4.94. The molecule has 1 unspecified atom stereocenters. The molecule has 1 aromatic carbocycles. The summed E-state index contributed by atoms with van der Waals surface area (Å²) in [6.07, 6.45) is 3.68. The van der Waals surface area contributed by atoms with Crippen molar-refractivity contribution in [2.24, 2.45) is 5.41 Å². The molecule has 1 aromatic heterocycles. The molecule has 2 fully saturated rings. The van der Waals surface area contributed by atoms with E-state index in [1.807, 2.05) is 0 Å². The second-order valence-corrected chi connectivity index (χ2v) is 8.26. The lowest BCUT2D eigenvalue weighted by Gasteiger charge is -2.35. The first-order valence-corrected chi connectivity index (χ1v) is 8.99. The third-order valence-corrected chi connectivity index (χ3v) is 5.94. The molecular weight excluding hydrogens is 280 g/mol. The van der Waals surface area contributed by atoms with Crippen LogP contribution in [0.15, 0.2) is 22.6 Å². The number of fused-ring (bicyclic) bond motifs is 1. The maximum atomic E-state index is 5.83. The van der Waals surface area contributed by atoms with Crippen LogP contribution in [0.5, 0.6) is 0 Å². The van der Waals surface area contributed by atoms with Crippen molar-refractivity contribution in [3.63, 3.8) is 0 Å². The van der Waals surface area contributed by atoms with Crippen LogP contribution in [0, 0.1) is 5.41 Å². The third-order valence-electron chi connectivity index (χ3n) is 4.31. The zero-order chi connectivity index (χ0) is 14.4. The number of thioether (sulfide) groups is 1. The lowest BCUT2D eigenvalue weighted by Crippen LogP contribution is -2.35. The number of benzene rings is 1. The van der Waals surface area contributed by atoms with Crippen molar-refractivity contribution >= 4 is 28.5 Å². The third kappa shape index (κ3) is 2.91. The first kappa shape index (κ1) is 13.5. The van der Waals surface area contributed by atoms with Gasteiger partial charge < -0.3 is 9.73 Å². The molecule has 0 bridgehead atoms. The number of aromatic nitrogens is 1. The van der Waals surface area contributed by atoms with Crippen LogP contribution in [0.2, 0.25) is 0 Å². The summed E-state index contributed by atoms with van der Waals surface area (Å²) in [6, 6.07) is 6.86. The Morgan fingerprint density at radius 2 is 2.19 bits per heavy atom. The van der Waals surface area contributed by atoms with E-state index in [2.05, 4.69) is 54.1 Å². The van der Waals surface area contributed by atoms with E-state index in [9.17, 15) is 0 Å². The van der Waals surface area contributed by atoms with Crippen LogP contribution in [-0.4, -0.2) is 22.5 Å². The molecule has 3 nitrogen and oxygen atoms in total. The minimum atomic E-state index is 0.428. The van der Waals surface area contributed by atoms with Crippen molar-refractivity contribution < 1.29 is 4.42 Å². The Kier molecular flexibility index (Phi) is 3.18. The van der Waals surface area contributed by atoms with E-state index < -0.39 is 0 Å². The maximum absolute atomic E-state index is 5.83. The van der Waals surface area contributed by atoms with Gasteiger partial charge in [-0.1, -0.05) is 13.8 Å². The highest BCUT2D eigenvalue weighted by molar-refractivity contribution is 7.99. The fourth-order valence-corrected chi connectivity index (χ4v) is 4.40. The van der Waals surface area contributed by atoms with Crippen molar-refractivity contribution in [3.8, 4) is 0 Å². The predicted molar refractivity (Wildman–Crippen MR) is 89.1 cm³/mol. The van der Waals surface area contributed by atoms with Crippen LogP contribution in [-0.2, 0) is 0 Å². The maximum Gasteiger partial charge on any atom is 0.198 e. The normalized spacial score (nSPS) is 25.1. The van der Waals surface area contributed by atoms with Gasteiger partial charge >= 0.3 is 0 Å². The van der Waals surface area contributed by atoms with Crippen molar-refractivity contribution in [3.05, 3.63) is 24.1 Å². The molecule has 0 amide bonds. The van der Waals surface area contributed by atoms with Gasteiger partial charge in [0.05, 0.1) is 0 Å². The molecule has 4 heteroatoms. The van der Waals surface area contributed by atoms with Gasteiger partial charge in [0.1, 0.15) is 5.52 Å². The standard InChI is InChI=1S/C17H22N2OS/c1-17(2)8-13(9-21-10-17)18-12-5-6-15-14(7-12)19-16(20-15)11-3-4-11/h5-7,11,13,18H,3-4,8-10H2,1-2H3. The summed E-state index contributed by atoms with van der Waals surface area (Å²) < 4.78 is 5.83. The molecule has 4 rings (SSSR count). The monoisotopic (exact) mass is 302 g/mol. The van der Waals surface area contributed by atoms with E-state index >= 15 is 0 Å². The van der Waals surface area contributed by atoms with Gasteiger partial charge in [0.15, 0.2) is 11.5 Å². The number of hydrogen-bond donors (Lipinski definition) is 1. The highest BCUT2D eigenvalue weighted by Crippen LogP contribution is 2.41. The van der Waals surface area contributed by atoms with Crippen LogP contribution >= 0.6 is 11.8 Å². The average molecular weight is 302 g/mol. The number of rotatable bonds is 3. The van der Waals surface area contributed by atoms with Gasteiger partial charge in [-0.15, -0.1) is 0 Å². The van der Waals surface area contributed by atoms with Gasteiger partial charge in [0.25, 0.3) is 0 Å². The van der Waals surface area contributed by atoms with Gasteiger partial charge in [-0.2, -0.15) is 11.8 Å². The molecule has 2 aliphatic rings. The lowest BCUT2D eigenvalue weighted by atomic mass is 9.88. The minimum Gasteiger partial charge on any atom is -0.440 e. The van der Waals surface area contributed by atoms with E-state index in [-0.39, 0.29) is 0 Å². The summed E-state index contributed by atoms with van der Waals surface area (Å²) in [5.74, 6) is 3.95. The Morgan fingerprint density at radius 1 is 1.33 bits per heavy atom. The van der Waals surface area contributed by atoms with E-state index in [1.165, 1.54) is 36.5 Å². The summed E-state index contributed by atoms with van der Waals surface area (Å²) >= 11 is 2.05. The summed E-state index contributed by atoms with van der Waals surface area (Å²) in [5, 5.41) is 3.68. The molecule has 1 atom stereocenters. The molecule has 21 heavy (non-hydrogen) atoms. The van der Waals surface area contributed by atoms with Crippen LogP contribution in [0.1, 0.15) is 44.9 Å². The topological polar surface area (TPSA) is 38.1 Å². The van der Waals surface area contributed by atoms with Gasteiger partial charge in [0, 0.05) is 23.4 Å². The highest BCUT2D eigenvalue weighted by atomic mass is 32.2. The van der Waals surface area contributed by atoms with Crippen molar-refractivity contribution in [2.45, 2.75) is 45.1 Å². The number of nitrogens with zero attached hydrogens (tertiary/aromatic N) is 1. The highest BCUT2D eigenvalue weighted by Gasteiger charge is 2.30. The van der Waals surface area contributed by atoms with Crippen molar-refractivity contribution in [2.75, 3.05) is 16.8 Å². The summed E-state index contributed by atoms with van der Waals surface area (Å²) in [5.41, 5.74) is 3.50. The Bertz CT molecular complexity index is 660. The van der Waals surface area contributed by atoms with Crippen molar-refractivity contribution in [1.29, 1.82) is 0 Å². The van der Waals surface area contributed by atoms with Crippen LogP contribution < -0.4 is 5.32 Å². The largest absolute Gasteiger partial charge is 0.440 e. The average Bonchev–Trinajstić information content (AvgIpc) is 3.18. The predicted octanol–water partition coefficient (Wildman–Crippen LogP) is 4.65. The fourth-order valence-electron chi connectivity index (χ4n) is 3.13. The zero-order valence-corrected chi connectivity index (χ0v) is 13.5. The van der Waals surface area contributed by atoms with Gasteiger partial charge in [-0.25, -0.2) is 4.98 Å². The van der Waals surface area contributed by atoms with Gasteiger partial charge in [0.2, 0.25) is 0 Å². The molecular formula is C17H22N2OS. The first-order chi connectivity index (χ1) is 10.1. The zero-order valence-electron chi connectivity index (χ0n) is 12.7.